The molecule has 29 heavy (non-hydrogen) atoms. The maximum atomic E-state index is 12.3. The maximum Gasteiger partial charge on any atom is 0.234 e. The van der Waals surface area contributed by atoms with Crippen molar-refractivity contribution < 1.29 is 4.79 Å². The maximum absolute atomic E-state index is 12.3. The molecule has 152 valence electrons. The van der Waals surface area contributed by atoms with Gasteiger partial charge in [0.05, 0.1) is 17.2 Å². The zero-order chi connectivity index (χ0) is 20.8. The van der Waals surface area contributed by atoms with Gasteiger partial charge in [0.15, 0.2) is 10.3 Å². The van der Waals surface area contributed by atoms with Gasteiger partial charge in [0.25, 0.3) is 0 Å². The summed E-state index contributed by atoms with van der Waals surface area (Å²) in [6.45, 7) is 6.68. The minimum absolute atomic E-state index is 0.0906. The quantitative estimate of drug-likeness (QED) is 0.366. The first-order valence-electron chi connectivity index (χ1n) is 9.00. The topological polar surface area (TPSA) is 85.6 Å². The van der Waals surface area contributed by atoms with E-state index in [9.17, 15) is 4.79 Å². The van der Waals surface area contributed by atoms with Crippen molar-refractivity contribution in [2.24, 2.45) is 0 Å². The Hall–Kier alpha value is -1.91. The molecule has 0 aliphatic carbocycles. The van der Waals surface area contributed by atoms with Gasteiger partial charge in [0.1, 0.15) is 5.82 Å². The highest BCUT2D eigenvalue weighted by Crippen LogP contribution is 2.24. The van der Waals surface area contributed by atoms with Crippen molar-refractivity contribution in [1.29, 1.82) is 0 Å². The Labute approximate surface area is 186 Å². The van der Waals surface area contributed by atoms with Crippen LogP contribution in [0.2, 0.25) is 0 Å². The molecule has 1 aromatic carbocycles. The summed E-state index contributed by atoms with van der Waals surface area (Å²) in [5, 5.41) is 12.9. The van der Waals surface area contributed by atoms with Crippen molar-refractivity contribution in [2.45, 2.75) is 43.4 Å². The number of carbonyl (C=O) groups is 1. The summed E-state index contributed by atoms with van der Waals surface area (Å²) >= 11 is 6.34. The molecule has 0 aliphatic heterocycles. The molecule has 0 saturated heterocycles. The third kappa shape index (κ3) is 6.03. The lowest BCUT2D eigenvalue weighted by molar-refractivity contribution is -0.113. The van der Waals surface area contributed by atoms with Gasteiger partial charge in [-0.15, -0.1) is 10.2 Å². The van der Waals surface area contributed by atoms with Crippen molar-refractivity contribution in [3.63, 3.8) is 0 Å². The number of aromatic nitrogens is 5. The Balaban J connectivity index is 1.60. The number of thioether (sulfide) groups is 2. The van der Waals surface area contributed by atoms with E-state index in [0.717, 1.165) is 44.2 Å². The SMILES string of the molecule is CCn1c(CSc2nc(C)cc(C)n2)nnc1SCC(=O)Nc1ccccc1Br. The summed E-state index contributed by atoms with van der Waals surface area (Å²) in [6, 6.07) is 9.48. The fourth-order valence-electron chi connectivity index (χ4n) is 2.62. The average Bonchev–Trinajstić information content (AvgIpc) is 3.07. The van der Waals surface area contributed by atoms with Crippen molar-refractivity contribution in [1.82, 2.24) is 24.7 Å². The summed E-state index contributed by atoms with van der Waals surface area (Å²) < 4.78 is 2.87. The summed E-state index contributed by atoms with van der Waals surface area (Å²) in [7, 11) is 0. The first kappa shape index (κ1) is 21.8. The van der Waals surface area contributed by atoms with Gasteiger partial charge in [-0.2, -0.15) is 0 Å². The molecule has 1 amide bonds. The van der Waals surface area contributed by atoms with Crippen molar-refractivity contribution >= 4 is 51.0 Å². The largest absolute Gasteiger partial charge is 0.324 e. The number of aryl methyl sites for hydroxylation is 2. The predicted octanol–water partition coefficient (Wildman–Crippen LogP) is 4.49. The molecule has 0 radical (unpaired) electrons. The van der Waals surface area contributed by atoms with Crippen LogP contribution in [0.4, 0.5) is 5.69 Å². The molecule has 0 aliphatic rings. The van der Waals surface area contributed by atoms with Crippen LogP contribution in [0.3, 0.4) is 0 Å². The summed E-state index contributed by atoms with van der Waals surface area (Å²) in [6.07, 6.45) is 0. The van der Waals surface area contributed by atoms with Crippen LogP contribution in [0.1, 0.15) is 24.1 Å². The second-order valence-electron chi connectivity index (χ2n) is 6.18. The minimum Gasteiger partial charge on any atom is -0.324 e. The van der Waals surface area contributed by atoms with Gasteiger partial charge in [0, 0.05) is 22.4 Å². The van der Waals surface area contributed by atoms with Gasteiger partial charge in [-0.3, -0.25) is 4.79 Å². The normalized spacial score (nSPS) is 10.9. The molecule has 0 bridgehead atoms. The molecule has 0 atom stereocenters. The van der Waals surface area contributed by atoms with E-state index in [4.69, 9.17) is 0 Å². The molecule has 10 heteroatoms. The summed E-state index contributed by atoms with van der Waals surface area (Å²) in [5.41, 5.74) is 2.65. The number of nitrogens with zero attached hydrogens (tertiary/aromatic N) is 5. The Kier molecular flexibility index (Phi) is 7.68. The predicted molar refractivity (Wildman–Crippen MR) is 120 cm³/mol. The van der Waals surface area contributed by atoms with E-state index in [-0.39, 0.29) is 11.7 Å². The molecule has 7 nitrogen and oxygen atoms in total. The number of para-hydroxylation sites is 1. The number of halogens is 1. The third-order valence-corrected chi connectivity index (χ3v) is 6.38. The second kappa shape index (κ2) is 10.2. The fraction of sp³-hybridized carbons (Fsp3) is 0.316. The molecule has 0 spiro atoms. The van der Waals surface area contributed by atoms with Crippen molar-refractivity contribution in [3.8, 4) is 0 Å². The average molecular weight is 493 g/mol. The molecular weight excluding hydrogens is 472 g/mol. The Bertz CT molecular complexity index is 990. The molecule has 0 fully saturated rings. The minimum atomic E-state index is -0.0906. The smallest absolute Gasteiger partial charge is 0.234 e. The van der Waals surface area contributed by atoms with Crippen molar-refractivity contribution in [3.05, 3.63) is 52.0 Å². The van der Waals surface area contributed by atoms with Crippen LogP contribution in [-0.2, 0) is 17.1 Å². The van der Waals surface area contributed by atoms with Gasteiger partial charge in [-0.05, 0) is 54.9 Å². The van der Waals surface area contributed by atoms with E-state index >= 15 is 0 Å². The number of anilines is 1. The van der Waals surface area contributed by atoms with Crippen LogP contribution in [0.15, 0.2) is 45.1 Å². The van der Waals surface area contributed by atoms with E-state index in [0.29, 0.717) is 5.75 Å². The standard InChI is InChI=1S/C19H21BrN6OS2/c1-4-26-16(10-28-18-21-12(2)9-13(3)22-18)24-25-19(26)29-11-17(27)23-15-8-6-5-7-14(15)20/h5-9H,4,10-11H2,1-3H3,(H,23,27). The van der Waals surface area contributed by atoms with Crippen LogP contribution in [0.5, 0.6) is 0 Å². The van der Waals surface area contributed by atoms with Gasteiger partial charge in [-0.25, -0.2) is 9.97 Å². The highest BCUT2D eigenvalue weighted by Gasteiger charge is 2.14. The fourth-order valence-corrected chi connectivity index (χ4v) is 4.71. The number of nitrogens with one attached hydrogen (secondary N) is 1. The van der Waals surface area contributed by atoms with Gasteiger partial charge in [-0.1, -0.05) is 35.7 Å². The lowest BCUT2D eigenvalue weighted by Crippen LogP contribution is -2.15. The number of hydrogen-bond donors (Lipinski definition) is 1. The molecule has 0 saturated carbocycles. The molecule has 3 aromatic rings. The van der Waals surface area contributed by atoms with E-state index in [1.54, 1.807) is 0 Å². The molecule has 3 rings (SSSR count). The molecular formula is C19H21BrN6OS2. The van der Waals surface area contributed by atoms with Gasteiger partial charge < -0.3 is 9.88 Å². The number of rotatable bonds is 8. The Morgan fingerprint density at radius 3 is 2.55 bits per heavy atom. The van der Waals surface area contributed by atoms with Crippen molar-refractivity contribution in [2.75, 3.05) is 11.1 Å². The van der Waals surface area contributed by atoms with E-state index in [1.807, 2.05) is 55.7 Å². The monoisotopic (exact) mass is 492 g/mol. The number of amides is 1. The van der Waals surface area contributed by atoms with E-state index in [2.05, 4.69) is 41.4 Å². The molecule has 2 heterocycles. The van der Waals surface area contributed by atoms with Gasteiger partial charge in [0.2, 0.25) is 5.91 Å². The lowest BCUT2D eigenvalue weighted by atomic mass is 10.3. The van der Waals surface area contributed by atoms with Crippen LogP contribution in [-0.4, -0.2) is 36.4 Å². The van der Waals surface area contributed by atoms with Gasteiger partial charge >= 0.3 is 0 Å². The van der Waals surface area contributed by atoms with Crippen LogP contribution >= 0.6 is 39.5 Å². The third-order valence-electron chi connectivity index (χ3n) is 3.88. The van der Waals surface area contributed by atoms with E-state index in [1.165, 1.54) is 23.5 Å². The van der Waals surface area contributed by atoms with Crippen LogP contribution in [0.25, 0.3) is 0 Å². The highest BCUT2D eigenvalue weighted by molar-refractivity contribution is 9.10. The lowest BCUT2D eigenvalue weighted by Gasteiger charge is -2.08. The Morgan fingerprint density at radius 1 is 1.14 bits per heavy atom. The first-order chi connectivity index (χ1) is 14.0. The number of hydrogen-bond acceptors (Lipinski definition) is 7. The van der Waals surface area contributed by atoms with Crippen LogP contribution < -0.4 is 5.32 Å². The zero-order valence-corrected chi connectivity index (χ0v) is 19.6. The van der Waals surface area contributed by atoms with Crippen LogP contribution in [0, 0.1) is 13.8 Å². The molecule has 0 unspecified atom stereocenters. The summed E-state index contributed by atoms with van der Waals surface area (Å²) in [5.74, 6) is 1.63. The highest BCUT2D eigenvalue weighted by atomic mass is 79.9. The van der Waals surface area contributed by atoms with E-state index < -0.39 is 0 Å². The number of benzene rings is 1. The first-order valence-corrected chi connectivity index (χ1v) is 11.8. The number of carbonyl (C=O) groups excluding carboxylic acids is 1. The molecule has 1 N–H and O–H groups in total. The zero-order valence-electron chi connectivity index (χ0n) is 16.3. The summed E-state index contributed by atoms with van der Waals surface area (Å²) in [4.78, 5) is 21.2. The molecule has 2 aromatic heterocycles. The second-order valence-corrected chi connectivity index (χ2v) is 8.92. The Morgan fingerprint density at radius 2 is 1.86 bits per heavy atom.